The van der Waals surface area contributed by atoms with E-state index in [1.807, 2.05) is 0 Å². The fraction of sp³-hybridized carbons (Fsp3) is 0.143. The fourth-order valence-corrected chi connectivity index (χ4v) is 3.32. The lowest BCUT2D eigenvalue weighted by molar-refractivity contribution is 0.404. The van der Waals surface area contributed by atoms with Crippen molar-refractivity contribution in [3.05, 3.63) is 61.2 Å². The number of nitrogens with two attached hydrogens (primary N) is 1. The summed E-state index contributed by atoms with van der Waals surface area (Å²) < 4.78 is 20.7. The van der Waals surface area contributed by atoms with Crippen molar-refractivity contribution in [1.82, 2.24) is 0 Å². The molecule has 2 N–H and O–H groups in total. The first-order valence-electron chi connectivity index (χ1n) is 5.67. The third-order valence-electron chi connectivity index (χ3n) is 2.87. The smallest absolute Gasteiger partial charge is 0.138 e. The van der Waals surface area contributed by atoms with Crippen LogP contribution in [0.5, 0.6) is 5.75 Å². The van der Waals surface area contributed by atoms with Crippen molar-refractivity contribution in [2.24, 2.45) is 5.73 Å². The van der Waals surface area contributed by atoms with Gasteiger partial charge in [0, 0.05) is 20.6 Å². The second-order valence-electron chi connectivity index (χ2n) is 4.15. The third kappa shape index (κ3) is 3.17. The lowest BCUT2D eigenvalue weighted by Crippen LogP contribution is -2.15. The quantitative estimate of drug-likeness (QED) is 0.749. The zero-order valence-electron chi connectivity index (χ0n) is 10.5. The maximum Gasteiger partial charge on any atom is 0.138 e. The van der Waals surface area contributed by atoms with Gasteiger partial charge >= 0.3 is 0 Å². The Labute approximate surface area is 138 Å². The van der Waals surface area contributed by atoms with Gasteiger partial charge in [-0.3, -0.25) is 0 Å². The molecule has 1 unspecified atom stereocenters. The molecule has 0 heterocycles. The summed E-state index contributed by atoms with van der Waals surface area (Å²) in [6, 6.07) is 7.33. The molecule has 2 aromatic carbocycles. The van der Waals surface area contributed by atoms with Crippen LogP contribution in [-0.4, -0.2) is 7.11 Å². The van der Waals surface area contributed by atoms with Crippen LogP contribution >= 0.6 is 43.5 Å². The van der Waals surface area contributed by atoms with Gasteiger partial charge in [0.15, 0.2) is 0 Å². The Morgan fingerprint density at radius 3 is 2.55 bits per heavy atom. The van der Waals surface area contributed by atoms with E-state index in [0.29, 0.717) is 26.4 Å². The first-order chi connectivity index (χ1) is 9.43. The number of benzene rings is 2. The lowest BCUT2D eigenvalue weighted by Gasteiger charge is -2.18. The SMILES string of the molecule is COc1c(Br)cc(Cl)cc1C(N)c1cc(Br)ccc1F. The molecule has 0 saturated heterocycles. The molecule has 20 heavy (non-hydrogen) atoms. The third-order valence-corrected chi connectivity index (χ3v) is 4.17. The van der Waals surface area contributed by atoms with Crippen molar-refractivity contribution in [2.45, 2.75) is 6.04 Å². The minimum absolute atomic E-state index is 0.367. The Hall–Kier alpha value is -0.620. The zero-order valence-corrected chi connectivity index (χ0v) is 14.4. The Bertz CT molecular complexity index is 651. The highest BCUT2D eigenvalue weighted by atomic mass is 79.9. The Morgan fingerprint density at radius 1 is 1.20 bits per heavy atom. The molecule has 0 aliphatic rings. The van der Waals surface area contributed by atoms with E-state index in [1.54, 1.807) is 24.3 Å². The molecule has 2 nitrogen and oxygen atoms in total. The molecule has 0 aromatic heterocycles. The van der Waals surface area contributed by atoms with Gasteiger partial charge < -0.3 is 10.5 Å². The van der Waals surface area contributed by atoms with E-state index in [4.69, 9.17) is 22.1 Å². The summed E-state index contributed by atoms with van der Waals surface area (Å²) in [5, 5.41) is 0.499. The minimum atomic E-state index is -0.683. The molecule has 0 bridgehead atoms. The van der Waals surface area contributed by atoms with Crippen molar-refractivity contribution >= 4 is 43.5 Å². The van der Waals surface area contributed by atoms with Gasteiger partial charge in [-0.05, 0) is 46.3 Å². The highest BCUT2D eigenvalue weighted by molar-refractivity contribution is 9.10. The highest BCUT2D eigenvalue weighted by Gasteiger charge is 2.20. The van der Waals surface area contributed by atoms with E-state index in [2.05, 4.69) is 31.9 Å². The van der Waals surface area contributed by atoms with Crippen LogP contribution in [0.1, 0.15) is 17.2 Å². The predicted octanol–water partition coefficient (Wildman–Crippen LogP) is 5.06. The largest absolute Gasteiger partial charge is 0.495 e. The summed E-state index contributed by atoms with van der Waals surface area (Å²) in [7, 11) is 1.53. The molecular weight excluding hydrogens is 412 g/mol. The van der Waals surface area contributed by atoms with Crippen LogP contribution in [0.15, 0.2) is 39.3 Å². The van der Waals surface area contributed by atoms with Gasteiger partial charge in [-0.15, -0.1) is 0 Å². The molecule has 0 aliphatic carbocycles. The number of methoxy groups -OCH3 is 1. The standard InChI is InChI=1S/C14H11Br2ClFNO/c1-20-14-10(5-8(17)6-11(14)16)13(19)9-4-7(15)2-3-12(9)18/h2-6,13H,19H2,1H3. The maximum absolute atomic E-state index is 14.0. The normalized spacial score (nSPS) is 12.3. The summed E-state index contributed by atoms with van der Waals surface area (Å²) in [5.74, 6) is 0.167. The average molecular weight is 424 g/mol. The van der Waals surface area contributed by atoms with Crippen LogP contribution < -0.4 is 10.5 Å². The molecule has 0 aliphatic heterocycles. The molecule has 0 amide bonds. The van der Waals surface area contributed by atoms with Crippen LogP contribution in [0.2, 0.25) is 5.02 Å². The van der Waals surface area contributed by atoms with Crippen LogP contribution in [0.25, 0.3) is 0 Å². The van der Waals surface area contributed by atoms with Crippen LogP contribution in [0.4, 0.5) is 4.39 Å². The monoisotopic (exact) mass is 421 g/mol. The molecule has 6 heteroatoms. The summed E-state index contributed by atoms with van der Waals surface area (Å²) in [6.07, 6.45) is 0. The van der Waals surface area contributed by atoms with E-state index < -0.39 is 6.04 Å². The van der Waals surface area contributed by atoms with Crippen molar-refractivity contribution in [3.63, 3.8) is 0 Å². The number of halogens is 4. The van der Waals surface area contributed by atoms with Crippen LogP contribution in [0.3, 0.4) is 0 Å². The van der Waals surface area contributed by atoms with Gasteiger partial charge in [0.1, 0.15) is 11.6 Å². The molecule has 2 aromatic rings. The zero-order chi connectivity index (χ0) is 14.9. The summed E-state index contributed by atoms with van der Waals surface area (Å²) in [4.78, 5) is 0. The van der Waals surface area contributed by atoms with Crippen LogP contribution in [0, 0.1) is 5.82 Å². The lowest BCUT2D eigenvalue weighted by atomic mass is 9.98. The van der Waals surface area contributed by atoms with Gasteiger partial charge in [-0.1, -0.05) is 27.5 Å². The van der Waals surface area contributed by atoms with Crippen molar-refractivity contribution in [2.75, 3.05) is 7.11 Å². The van der Waals surface area contributed by atoms with Crippen molar-refractivity contribution in [1.29, 1.82) is 0 Å². The fourth-order valence-electron chi connectivity index (χ4n) is 1.95. The molecule has 1 atom stereocenters. The Morgan fingerprint density at radius 2 is 1.90 bits per heavy atom. The maximum atomic E-state index is 14.0. The second-order valence-corrected chi connectivity index (χ2v) is 6.36. The summed E-state index contributed by atoms with van der Waals surface area (Å²) in [6.45, 7) is 0. The van der Waals surface area contributed by atoms with Gasteiger partial charge in [0.05, 0.1) is 17.6 Å². The van der Waals surface area contributed by atoms with Gasteiger partial charge in [0.2, 0.25) is 0 Å². The van der Waals surface area contributed by atoms with Crippen molar-refractivity contribution < 1.29 is 9.13 Å². The Kier molecular flexibility index (Phi) is 5.07. The number of hydrogen-bond acceptors (Lipinski definition) is 2. The summed E-state index contributed by atoms with van der Waals surface area (Å²) >= 11 is 12.7. The topological polar surface area (TPSA) is 35.2 Å². The van der Waals surface area contributed by atoms with E-state index >= 15 is 0 Å². The predicted molar refractivity (Wildman–Crippen MR) is 85.8 cm³/mol. The van der Waals surface area contributed by atoms with Crippen molar-refractivity contribution in [3.8, 4) is 5.75 Å². The highest BCUT2D eigenvalue weighted by Crippen LogP contribution is 2.38. The first kappa shape index (κ1) is 15.8. The molecule has 2 rings (SSSR count). The van der Waals surface area contributed by atoms with E-state index in [1.165, 1.54) is 13.2 Å². The van der Waals surface area contributed by atoms with E-state index in [0.717, 1.165) is 4.47 Å². The molecular formula is C14H11Br2ClFNO. The van der Waals surface area contributed by atoms with Gasteiger partial charge in [-0.25, -0.2) is 4.39 Å². The molecule has 0 spiro atoms. The number of rotatable bonds is 3. The number of ether oxygens (including phenoxy) is 1. The Balaban J connectivity index is 2.58. The summed E-state index contributed by atoms with van der Waals surface area (Å²) in [5.41, 5.74) is 7.16. The minimum Gasteiger partial charge on any atom is -0.495 e. The molecule has 0 saturated carbocycles. The molecule has 0 radical (unpaired) electrons. The van der Waals surface area contributed by atoms with Gasteiger partial charge in [-0.2, -0.15) is 0 Å². The van der Waals surface area contributed by atoms with E-state index in [9.17, 15) is 4.39 Å². The average Bonchev–Trinajstić information content (AvgIpc) is 2.40. The van der Waals surface area contributed by atoms with Gasteiger partial charge in [0.25, 0.3) is 0 Å². The molecule has 0 fully saturated rings. The van der Waals surface area contributed by atoms with E-state index in [-0.39, 0.29) is 5.82 Å². The van der Waals surface area contributed by atoms with Crippen LogP contribution in [-0.2, 0) is 0 Å². The first-order valence-corrected chi connectivity index (χ1v) is 7.64. The molecule has 106 valence electrons. The number of hydrogen-bond donors (Lipinski definition) is 1. The second kappa shape index (κ2) is 6.43.